The zero-order valence-corrected chi connectivity index (χ0v) is 12.7. The van der Waals surface area contributed by atoms with Crippen LogP contribution in [0.5, 0.6) is 0 Å². The van der Waals surface area contributed by atoms with Crippen molar-refractivity contribution in [3.8, 4) is 0 Å². The minimum Gasteiger partial charge on any atom is -0.472 e. The van der Waals surface area contributed by atoms with Crippen molar-refractivity contribution in [2.45, 2.75) is 19.5 Å². The van der Waals surface area contributed by atoms with Gasteiger partial charge in [0, 0.05) is 17.8 Å². The van der Waals surface area contributed by atoms with Crippen LogP contribution in [0.25, 0.3) is 0 Å². The van der Waals surface area contributed by atoms with Crippen LogP contribution in [0.4, 0.5) is 11.4 Å². The fraction of sp³-hybridized carbons (Fsp3) is 0.267. The number of nitrogens with zero attached hydrogens (tertiary/aromatic N) is 1. The Bertz CT molecular complexity index is 613. The van der Waals surface area contributed by atoms with Gasteiger partial charge < -0.3 is 15.5 Å². The number of rotatable bonds is 5. The van der Waals surface area contributed by atoms with Crippen molar-refractivity contribution in [3.63, 3.8) is 0 Å². The van der Waals surface area contributed by atoms with Crippen molar-refractivity contribution in [2.24, 2.45) is 0 Å². The van der Waals surface area contributed by atoms with Crippen LogP contribution >= 0.6 is 11.6 Å². The lowest BCUT2D eigenvalue weighted by molar-refractivity contribution is -0.120. The SMILES string of the molecule is CC(C(=O)Nc1ccc(Cl)c(N)c1)N(C)Cc1ccoc1. The van der Waals surface area contributed by atoms with E-state index in [1.165, 1.54) is 0 Å². The summed E-state index contributed by atoms with van der Waals surface area (Å²) >= 11 is 5.85. The zero-order chi connectivity index (χ0) is 15.4. The predicted molar refractivity (Wildman–Crippen MR) is 84.1 cm³/mol. The van der Waals surface area contributed by atoms with Gasteiger partial charge in [0.05, 0.1) is 29.3 Å². The number of nitrogens with two attached hydrogens (primary N) is 1. The van der Waals surface area contributed by atoms with Crippen LogP contribution in [-0.2, 0) is 11.3 Å². The molecule has 0 spiro atoms. The molecule has 1 aromatic carbocycles. The summed E-state index contributed by atoms with van der Waals surface area (Å²) < 4.78 is 5.02. The molecule has 0 aliphatic rings. The number of nitrogen functional groups attached to an aromatic ring is 1. The van der Waals surface area contributed by atoms with Gasteiger partial charge in [0.1, 0.15) is 0 Å². The number of benzene rings is 1. The van der Waals surface area contributed by atoms with Gasteiger partial charge in [-0.25, -0.2) is 0 Å². The fourth-order valence-electron chi connectivity index (χ4n) is 1.88. The molecule has 6 heteroatoms. The molecule has 0 saturated heterocycles. The molecule has 1 atom stereocenters. The first kappa shape index (κ1) is 15.4. The van der Waals surface area contributed by atoms with E-state index in [1.807, 2.05) is 24.9 Å². The summed E-state index contributed by atoms with van der Waals surface area (Å²) in [5.41, 5.74) is 7.81. The van der Waals surface area contributed by atoms with Crippen LogP contribution in [0.2, 0.25) is 5.02 Å². The van der Waals surface area contributed by atoms with Gasteiger partial charge in [-0.15, -0.1) is 0 Å². The Morgan fingerprint density at radius 3 is 2.86 bits per heavy atom. The predicted octanol–water partition coefficient (Wildman–Crippen LogP) is 2.97. The maximum atomic E-state index is 12.2. The minimum absolute atomic E-state index is 0.109. The summed E-state index contributed by atoms with van der Waals surface area (Å²) in [7, 11) is 1.88. The summed E-state index contributed by atoms with van der Waals surface area (Å²) in [4.78, 5) is 14.2. The molecule has 0 aliphatic heterocycles. The second kappa shape index (κ2) is 6.65. The molecule has 3 N–H and O–H groups in total. The Kier molecular flexibility index (Phi) is 4.88. The molecule has 0 saturated carbocycles. The molecule has 1 unspecified atom stereocenters. The standard InChI is InChI=1S/C15H18ClN3O2/c1-10(19(2)8-11-5-6-21-9-11)15(20)18-12-3-4-13(16)14(17)7-12/h3-7,9-10H,8,17H2,1-2H3,(H,18,20). The van der Waals surface area contributed by atoms with Gasteiger partial charge in [0.2, 0.25) is 5.91 Å². The van der Waals surface area contributed by atoms with E-state index < -0.39 is 0 Å². The summed E-state index contributed by atoms with van der Waals surface area (Å²) in [6, 6.07) is 6.60. The van der Waals surface area contributed by atoms with Crippen LogP contribution in [0.3, 0.4) is 0 Å². The smallest absolute Gasteiger partial charge is 0.241 e. The van der Waals surface area contributed by atoms with Crippen LogP contribution in [-0.4, -0.2) is 23.9 Å². The van der Waals surface area contributed by atoms with E-state index >= 15 is 0 Å². The van der Waals surface area contributed by atoms with Crippen LogP contribution in [0, 0.1) is 0 Å². The molecule has 21 heavy (non-hydrogen) atoms. The van der Waals surface area contributed by atoms with Crippen molar-refractivity contribution in [1.29, 1.82) is 0 Å². The molecular weight excluding hydrogens is 290 g/mol. The number of halogens is 1. The molecule has 0 bridgehead atoms. The molecule has 112 valence electrons. The van der Waals surface area contributed by atoms with E-state index in [2.05, 4.69) is 5.32 Å². The third kappa shape index (κ3) is 4.00. The first-order valence-corrected chi connectivity index (χ1v) is 6.92. The van der Waals surface area contributed by atoms with Crippen molar-refractivity contribution < 1.29 is 9.21 Å². The third-order valence-corrected chi connectivity index (χ3v) is 3.66. The van der Waals surface area contributed by atoms with Crippen LogP contribution < -0.4 is 11.1 Å². The zero-order valence-electron chi connectivity index (χ0n) is 12.0. The van der Waals surface area contributed by atoms with E-state index in [0.717, 1.165) is 5.56 Å². The maximum absolute atomic E-state index is 12.2. The number of hydrogen-bond acceptors (Lipinski definition) is 4. The van der Waals surface area contributed by atoms with Gasteiger partial charge >= 0.3 is 0 Å². The normalized spacial score (nSPS) is 12.4. The van der Waals surface area contributed by atoms with Crippen molar-refractivity contribution in [2.75, 3.05) is 18.1 Å². The lowest BCUT2D eigenvalue weighted by atomic mass is 10.2. The number of carbonyl (C=O) groups excluding carboxylic acids is 1. The Labute approximate surface area is 128 Å². The van der Waals surface area contributed by atoms with Crippen molar-refractivity contribution in [1.82, 2.24) is 4.90 Å². The lowest BCUT2D eigenvalue weighted by Crippen LogP contribution is -2.39. The molecular formula is C15H18ClN3O2. The van der Waals surface area contributed by atoms with Gasteiger partial charge in [0.25, 0.3) is 0 Å². The Morgan fingerprint density at radius 1 is 1.48 bits per heavy atom. The Morgan fingerprint density at radius 2 is 2.24 bits per heavy atom. The maximum Gasteiger partial charge on any atom is 0.241 e. The Balaban J connectivity index is 1.96. The summed E-state index contributed by atoms with van der Waals surface area (Å²) in [5, 5.41) is 3.30. The number of hydrogen-bond donors (Lipinski definition) is 2. The molecule has 2 aromatic rings. The van der Waals surface area contributed by atoms with Gasteiger partial charge in [-0.2, -0.15) is 0 Å². The summed E-state index contributed by atoms with van der Waals surface area (Å²) in [6.07, 6.45) is 3.28. The highest BCUT2D eigenvalue weighted by Crippen LogP contribution is 2.22. The lowest BCUT2D eigenvalue weighted by Gasteiger charge is -2.23. The molecule has 2 rings (SSSR count). The highest BCUT2D eigenvalue weighted by atomic mass is 35.5. The van der Waals surface area contributed by atoms with E-state index in [4.69, 9.17) is 21.8 Å². The number of likely N-dealkylation sites (N-methyl/N-ethyl adjacent to an activating group) is 1. The number of anilines is 2. The average molecular weight is 308 g/mol. The second-order valence-corrected chi connectivity index (χ2v) is 5.36. The molecule has 0 aliphatic carbocycles. The highest BCUT2D eigenvalue weighted by molar-refractivity contribution is 6.33. The third-order valence-electron chi connectivity index (χ3n) is 3.32. The monoisotopic (exact) mass is 307 g/mol. The molecule has 1 heterocycles. The number of nitrogens with one attached hydrogen (secondary N) is 1. The van der Waals surface area contributed by atoms with E-state index in [9.17, 15) is 4.79 Å². The first-order chi connectivity index (χ1) is 9.97. The van der Waals surface area contributed by atoms with Crippen molar-refractivity contribution >= 4 is 28.9 Å². The molecule has 5 nitrogen and oxygen atoms in total. The van der Waals surface area contributed by atoms with Crippen LogP contribution in [0.15, 0.2) is 41.2 Å². The molecule has 0 radical (unpaired) electrons. The topological polar surface area (TPSA) is 71.5 Å². The van der Waals surface area contributed by atoms with Crippen molar-refractivity contribution in [3.05, 3.63) is 47.4 Å². The average Bonchev–Trinajstić information content (AvgIpc) is 2.94. The van der Waals surface area contributed by atoms with E-state index in [-0.39, 0.29) is 11.9 Å². The second-order valence-electron chi connectivity index (χ2n) is 4.95. The highest BCUT2D eigenvalue weighted by Gasteiger charge is 2.18. The molecule has 1 aromatic heterocycles. The Hall–Kier alpha value is -1.98. The largest absolute Gasteiger partial charge is 0.472 e. The van der Waals surface area contributed by atoms with E-state index in [1.54, 1.807) is 30.7 Å². The fourth-order valence-corrected chi connectivity index (χ4v) is 1.99. The number of furan rings is 1. The van der Waals surface area contributed by atoms with Gasteiger partial charge in [0.15, 0.2) is 0 Å². The summed E-state index contributed by atoms with van der Waals surface area (Å²) in [5.74, 6) is -0.109. The molecule has 0 fully saturated rings. The minimum atomic E-state index is -0.295. The quantitative estimate of drug-likeness (QED) is 0.833. The van der Waals surface area contributed by atoms with Gasteiger partial charge in [-0.3, -0.25) is 9.69 Å². The first-order valence-electron chi connectivity index (χ1n) is 6.54. The van der Waals surface area contributed by atoms with Gasteiger partial charge in [-0.1, -0.05) is 11.6 Å². The molecule has 1 amide bonds. The summed E-state index contributed by atoms with van der Waals surface area (Å²) in [6.45, 7) is 2.47. The van der Waals surface area contributed by atoms with Gasteiger partial charge in [-0.05, 0) is 38.2 Å². The number of amides is 1. The number of carbonyl (C=O) groups is 1. The van der Waals surface area contributed by atoms with Crippen LogP contribution in [0.1, 0.15) is 12.5 Å². The van der Waals surface area contributed by atoms with E-state index in [0.29, 0.717) is 22.9 Å².